The molecule has 20 heavy (non-hydrogen) atoms. The predicted octanol–water partition coefficient (Wildman–Crippen LogP) is 3.51. The summed E-state index contributed by atoms with van der Waals surface area (Å²) in [7, 11) is 0. The van der Waals surface area contributed by atoms with E-state index in [-0.39, 0.29) is 11.8 Å². The molecule has 1 aliphatic carbocycles. The molecule has 2 aromatic rings. The number of nitrogens with one attached hydrogen (secondary N) is 1. The van der Waals surface area contributed by atoms with E-state index in [9.17, 15) is 4.79 Å². The van der Waals surface area contributed by atoms with Gasteiger partial charge in [0.1, 0.15) is 5.82 Å². The van der Waals surface area contributed by atoms with Crippen LogP contribution < -0.4 is 5.32 Å². The number of thiophene rings is 1. The fraction of sp³-hybridized carbons (Fsp3) is 0.467. The van der Waals surface area contributed by atoms with Crippen LogP contribution in [0.15, 0.2) is 29.8 Å². The number of rotatable bonds is 4. The van der Waals surface area contributed by atoms with Gasteiger partial charge < -0.3 is 5.32 Å². The summed E-state index contributed by atoms with van der Waals surface area (Å²) in [6, 6.07) is 5.98. The first-order chi connectivity index (χ1) is 9.83. The van der Waals surface area contributed by atoms with Gasteiger partial charge in [0.2, 0.25) is 5.91 Å². The van der Waals surface area contributed by atoms with Crippen molar-refractivity contribution >= 4 is 23.1 Å². The number of anilines is 1. The van der Waals surface area contributed by atoms with Crippen molar-refractivity contribution in [2.45, 2.75) is 38.6 Å². The highest BCUT2D eigenvalue weighted by Gasteiger charge is 2.21. The summed E-state index contributed by atoms with van der Waals surface area (Å²) in [4.78, 5) is 13.5. The van der Waals surface area contributed by atoms with Crippen molar-refractivity contribution < 1.29 is 4.79 Å². The van der Waals surface area contributed by atoms with Crippen molar-refractivity contribution in [3.63, 3.8) is 0 Å². The molecule has 1 amide bonds. The van der Waals surface area contributed by atoms with Crippen molar-refractivity contribution in [3.8, 4) is 0 Å². The molecule has 1 saturated carbocycles. The van der Waals surface area contributed by atoms with E-state index < -0.39 is 0 Å². The predicted molar refractivity (Wildman–Crippen MR) is 80.9 cm³/mol. The third-order valence-electron chi connectivity index (χ3n) is 3.83. The molecule has 0 unspecified atom stereocenters. The minimum absolute atomic E-state index is 0.151. The maximum atomic E-state index is 12.3. The monoisotopic (exact) mass is 289 g/mol. The Morgan fingerprint density at radius 3 is 2.95 bits per heavy atom. The van der Waals surface area contributed by atoms with Crippen LogP contribution in [0.2, 0.25) is 0 Å². The Morgan fingerprint density at radius 1 is 1.35 bits per heavy atom. The smallest absolute Gasteiger partial charge is 0.228 e. The first kappa shape index (κ1) is 13.4. The van der Waals surface area contributed by atoms with Crippen LogP contribution in [0.4, 0.5) is 5.82 Å². The molecule has 0 bridgehead atoms. The first-order valence-corrected chi connectivity index (χ1v) is 8.06. The molecule has 0 spiro atoms. The van der Waals surface area contributed by atoms with E-state index in [1.54, 1.807) is 17.5 Å². The lowest BCUT2D eigenvalue weighted by molar-refractivity contribution is -0.120. The van der Waals surface area contributed by atoms with Gasteiger partial charge in [-0.25, -0.2) is 4.68 Å². The van der Waals surface area contributed by atoms with Crippen LogP contribution in [0.25, 0.3) is 0 Å². The fourth-order valence-electron chi connectivity index (χ4n) is 2.71. The molecule has 106 valence electrons. The maximum Gasteiger partial charge on any atom is 0.228 e. The summed E-state index contributed by atoms with van der Waals surface area (Å²) < 4.78 is 1.85. The van der Waals surface area contributed by atoms with E-state index in [0.717, 1.165) is 18.7 Å². The molecule has 4 nitrogen and oxygen atoms in total. The highest BCUT2D eigenvalue weighted by atomic mass is 32.1. The molecule has 2 aromatic heterocycles. The van der Waals surface area contributed by atoms with Crippen LogP contribution in [0, 0.1) is 5.92 Å². The van der Waals surface area contributed by atoms with Crippen molar-refractivity contribution in [3.05, 3.63) is 34.7 Å². The molecule has 2 heterocycles. The van der Waals surface area contributed by atoms with Crippen molar-refractivity contribution in [1.82, 2.24) is 9.78 Å². The fourth-order valence-corrected chi connectivity index (χ4v) is 3.39. The zero-order valence-corrected chi connectivity index (χ0v) is 12.2. The quantitative estimate of drug-likeness (QED) is 0.936. The third-order valence-corrected chi connectivity index (χ3v) is 4.69. The van der Waals surface area contributed by atoms with Crippen molar-refractivity contribution in [1.29, 1.82) is 0 Å². The van der Waals surface area contributed by atoms with Gasteiger partial charge in [0.05, 0.1) is 12.7 Å². The Morgan fingerprint density at radius 2 is 2.20 bits per heavy atom. The van der Waals surface area contributed by atoms with Crippen LogP contribution in [0.1, 0.15) is 37.0 Å². The third kappa shape index (κ3) is 3.10. The first-order valence-electron chi connectivity index (χ1n) is 7.18. The Hall–Kier alpha value is -1.62. The highest BCUT2D eigenvalue weighted by Crippen LogP contribution is 2.25. The van der Waals surface area contributed by atoms with Gasteiger partial charge >= 0.3 is 0 Å². The molecule has 0 aromatic carbocycles. The number of aromatic nitrogens is 2. The molecule has 3 rings (SSSR count). The minimum Gasteiger partial charge on any atom is -0.311 e. The largest absolute Gasteiger partial charge is 0.311 e. The van der Waals surface area contributed by atoms with Crippen LogP contribution in [0.3, 0.4) is 0 Å². The van der Waals surface area contributed by atoms with Crippen LogP contribution in [-0.2, 0) is 11.3 Å². The molecule has 1 aliphatic rings. The zero-order valence-electron chi connectivity index (χ0n) is 11.4. The van der Waals surface area contributed by atoms with Crippen LogP contribution >= 0.6 is 11.3 Å². The van der Waals surface area contributed by atoms with Crippen molar-refractivity contribution in [2.24, 2.45) is 5.92 Å². The number of hydrogen-bond acceptors (Lipinski definition) is 3. The summed E-state index contributed by atoms with van der Waals surface area (Å²) in [5.74, 6) is 1.13. The summed E-state index contributed by atoms with van der Waals surface area (Å²) in [5.41, 5.74) is 0. The highest BCUT2D eigenvalue weighted by molar-refractivity contribution is 7.09. The molecule has 0 atom stereocenters. The number of hydrogen-bond donors (Lipinski definition) is 1. The van der Waals surface area contributed by atoms with Gasteiger partial charge in [-0.3, -0.25) is 4.79 Å². The van der Waals surface area contributed by atoms with Crippen molar-refractivity contribution in [2.75, 3.05) is 5.32 Å². The Labute approximate surface area is 122 Å². The lowest BCUT2D eigenvalue weighted by atomic mass is 9.89. The summed E-state index contributed by atoms with van der Waals surface area (Å²) in [6.07, 6.45) is 7.39. The molecular weight excluding hydrogens is 270 g/mol. The Kier molecular flexibility index (Phi) is 4.16. The molecule has 1 N–H and O–H groups in total. The SMILES string of the molecule is O=C(Nc1ccnn1Cc1cccs1)C1CCCCC1. The van der Waals surface area contributed by atoms with E-state index in [1.165, 1.54) is 24.1 Å². The maximum absolute atomic E-state index is 12.3. The van der Waals surface area contributed by atoms with E-state index in [4.69, 9.17) is 0 Å². The summed E-state index contributed by atoms with van der Waals surface area (Å²) >= 11 is 1.70. The normalized spacial score (nSPS) is 16.2. The lowest BCUT2D eigenvalue weighted by Gasteiger charge is -2.20. The summed E-state index contributed by atoms with van der Waals surface area (Å²) in [5, 5.41) is 9.39. The zero-order chi connectivity index (χ0) is 13.8. The lowest BCUT2D eigenvalue weighted by Crippen LogP contribution is -2.26. The topological polar surface area (TPSA) is 46.9 Å². The van der Waals surface area contributed by atoms with Gasteiger partial charge in [-0.1, -0.05) is 25.3 Å². The Bertz CT molecular complexity index is 555. The molecule has 1 fully saturated rings. The van der Waals surface area contributed by atoms with E-state index in [2.05, 4.69) is 21.9 Å². The van der Waals surface area contributed by atoms with Gasteiger partial charge in [-0.05, 0) is 24.3 Å². The number of carbonyl (C=O) groups is 1. The number of nitrogens with zero attached hydrogens (tertiary/aromatic N) is 2. The van der Waals surface area contributed by atoms with Gasteiger partial charge in [-0.2, -0.15) is 5.10 Å². The second kappa shape index (κ2) is 6.22. The van der Waals surface area contributed by atoms with Gasteiger partial charge in [0, 0.05) is 16.9 Å². The minimum atomic E-state index is 0.151. The average molecular weight is 289 g/mol. The molecule has 0 aliphatic heterocycles. The van der Waals surface area contributed by atoms with Gasteiger partial charge in [0.15, 0.2) is 0 Å². The number of amides is 1. The standard InChI is InChI=1S/C15H19N3OS/c19-15(12-5-2-1-3-6-12)17-14-8-9-16-18(14)11-13-7-4-10-20-13/h4,7-10,12H,1-3,5-6,11H2,(H,17,19). The van der Waals surface area contributed by atoms with Gasteiger partial charge in [-0.15, -0.1) is 11.3 Å². The van der Waals surface area contributed by atoms with Gasteiger partial charge in [0.25, 0.3) is 0 Å². The molecule has 0 radical (unpaired) electrons. The average Bonchev–Trinajstić information content (AvgIpc) is 3.13. The van der Waals surface area contributed by atoms with E-state index >= 15 is 0 Å². The Balaban J connectivity index is 1.65. The van der Waals surface area contributed by atoms with E-state index in [1.807, 2.05) is 16.8 Å². The number of carbonyl (C=O) groups excluding carboxylic acids is 1. The summed E-state index contributed by atoms with van der Waals surface area (Å²) in [6.45, 7) is 0.713. The van der Waals surface area contributed by atoms with Crippen LogP contribution in [0.5, 0.6) is 0 Å². The molecule has 0 saturated heterocycles. The molecular formula is C15H19N3OS. The van der Waals surface area contributed by atoms with E-state index in [0.29, 0.717) is 6.54 Å². The molecule has 5 heteroatoms. The second-order valence-electron chi connectivity index (χ2n) is 5.28. The second-order valence-corrected chi connectivity index (χ2v) is 6.31. The van der Waals surface area contributed by atoms with Crippen LogP contribution in [-0.4, -0.2) is 15.7 Å².